The van der Waals surface area contributed by atoms with Gasteiger partial charge in [-0.3, -0.25) is 4.90 Å². The Morgan fingerprint density at radius 2 is 1.83 bits per heavy atom. The molecule has 3 aromatic rings. The van der Waals surface area contributed by atoms with E-state index in [9.17, 15) is 5.11 Å². The van der Waals surface area contributed by atoms with Gasteiger partial charge < -0.3 is 24.8 Å². The van der Waals surface area contributed by atoms with Crippen LogP contribution in [0.4, 0.5) is 5.69 Å². The Balaban J connectivity index is 1.29. The second-order valence-corrected chi connectivity index (χ2v) is 11.3. The van der Waals surface area contributed by atoms with Gasteiger partial charge in [0.15, 0.2) is 17.5 Å². The Hall–Kier alpha value is -3.23. The minimum Gasteiger partial charge on any atom is -0.506 e. The lowest BCUT2D eigenvalue weighted by Crippen LogP contribution is -2.50. The number of hydrogen-bond donors (Lipinski definition) is 2. The molecule has 1 fully saturated rings. The number of thiophene rings is 1. The van der Waals surface area contributed by atoms with E-state index >= 15 is 0 Å². The summed E-state index contributed by atoms with van der Waals surface area (Å²) in [6, 6.07) is 16.1. The fourth-order valence-electron chi connectivity index (χ4n) is 4.41. The zero-order chi connectivity index (χ0) is 25.1. The highest BCUT2D eigenvalue weighted by Crippen LogP contribution is 2.33. The zero-order valence-corrected chi connectivity index (χ0v) is 22.0. The Labute approximate surface area is 217 Å². The van der Waals surface area contributed by atoms with Crippen LogP contribution in [0.25, 0.3) is 0 Å². The van der Waals surface area contributed by atoms with Crippen LogP contribution in [0.3, 0.4) is 0 Å². The van der Waals surface area contributed by atoms with Gasteiger partial charge in [-0.2, -0.15) is 0 Å². The standard InChI is InChI=1S/C28H34N4O3S/c1-28(2,3)21-7-8-24(33)23(16-21)30-27(29-17-22-5-4-14-36-22)32-12-10-31(11-13-32)18-20-6-9-25-26(15-20)35-19-34-25/h4-9,14-16,33H,10-13,17-19H2,1-3H3,(H,29,30). The molecule has 2 aromatic carbocycles. The summed E-state index contributed by atoms with van der Waals surface area (Å²) in [5, 5.41) is 16.2. The van der Waals surface area contributed by atoms with Gasteiger partial charge in [-0.05, 0) is 52.3 Å². The van der Waals surface area contributed by atoms with Gasteiger partial charge in [0.25, 0.3) is 0 Å². The number of aromatic hydroxyl groups is 1. The molecule has 0 radical (unpaired) electrons. The number of phenols is 1. The van der Waals surface area contributed by atoms with Gasteiger partial charge in [0, 0.05) is 37.6 Å². The third-order valence-corrected chi connectivity index (χ3v) is 7.45. The monoisotopic (exact) mass is 506 g/mol. The van der Waals surface area contributed by atoms with E-state index in [4.69, 9.17) is 14.5 Å². The molecule has 36 heavy (non-hydrogen) atoms. The number of rotatable bonds is 5. The third-order valence-electron chi connectivity index (χ3n) is 6.59. The largest absolute Gasteiger partial charge is 0.506 e. The molecule has 0 spiro atoms. The summed E-state index contributed by atoms with van der Waals surface area (Å²) in [5.74, 6) is 2.68. The zero-order valence-electron chi connectivity index (χ0n) is 21.2. The van der Waals surface area contributed by atoms with Crippen molar-refractivity contribution in [2.75, 3.05) is 38.3 Å². The van der Waals surface area contributed by atoms with Crippen molar-refractivity contribution in [2.45, 2.75) is 39.3 Å². The number of piperazine rings is 1. The molecule has 0 bridgehead atoms. The molecular weight excluding hydrogens is 472 g/mol. The maximum absolute atomic E-state index is 10.6. The minimum atomic E-state index is -0.0151. The van der Waals surface area contributed by atoms with Crippen LogP contribution in [0.5, 0.6) is 17.2 Å². The summed E-state index contributed by atoms with van der Waals surface area (Å²) in [5.41, 5.74) is 3.06. The quantitative estimate of drug-likeness (QED) is 0.279. The van der Waals surface area contributed by atoms with E-state index in [1.54, 1.807) is 17.4 Å². The number of ether oxygens (including phenoxy) is 2. The van der Waals surface area contributed by atoms with Crippen molar-refractivity contribution >= 4 is 23.0 Å². The van der Waals surface area contributed by atoms with E-state index < -0.39 is 0 Å². The Kier molecular flexibility index (Phi) is 7.07. The van der Waals surface area contributed by atoms with Gasteiger partial charge in [0.05, 0.1) is 12.2 Å². The fourth-order valence-corrected chi connectivity index (χ4v) is 5.04. The number of anilines is 1. The summed E-state index contributed by atoms with van der Waals surface area (Å²) in [4.78, 5) is 10.9. The SMILES string of the molecule is CC(C)(C)c1ccc(O)c(NC(=NCc2cccs2)N2CCN(Cc3ccc4c(c3)OCO4)CC2)c1. The van der Waals surface area contributed by atoms with Crippen LogP contribution in [0.15, 0.2) is 58.9 Å². The summed E-state index contributed by atoms with van der Waals surface area (Å²) in [7, 11) is 0. The van der Waals surface area contributed by atoms with Crippen molar-refractivity contribution in [2.24, 2.45) is 4.99 Å². The molecule has 1 aromatic heterocycles. The molecule has 8 heteroatoms. The van der Waals surface area contributed by atoms with Gasteiger partial charge in [0.1, 0.15) is 5.75 Å². The first-order valence-corrected chi connectivity index (χ1v) is 13.3. The highest BCUT2D eigenvalue weighted by Gasteiger charge is 2.23. The van der Waals surface area contributed by atoms with Crippen LogP contribution in [0.1, 0.15) is 36.8 Å². The summed E-state index contributed by atoms with van der Waals surface area (Å²) in [6.45, 7) is 11.8. The lowest BCUT2D eigenvalue weighted by molar-refractivity contribution is 0.172. The number of nitrogens with zero attached hydrogens (tertiary/aromatic N) is 3. The van der Waals surface area contributed by atoms with E-state index in [1.807, 2.05) is 18.2 Å². The Morgan fingerprint density at radius 3 is 2.58 bits per heavy atom. The first-order chi connectivity index (χ1) is 17.3. The summed E-state index contributed by atoms with van der Waals surface area (Å²) < 4.78 is 11.0. The van der Waals surface area contributed by atoms with Crippen LogP contribution >= 0.6 is 11.3 Å². The van der Waals surface area contributed by atoms with Crippen molar-refractivity contribution in [3.8, 4) is 17.2 Å². The number of phenolic OH excluding ortho intramolecular Hbond substituents is 1. The average Bonchev–Trinajstić information content (AvgIpc) is 3.54. The van der Waals surface area contributed by atoms with E-state index in [-0.39, 0.29) is 11.2 Å². The molecule has 0 amide bonds. The average molecular weight is 507 g/mol. The molecule has 7 nitrogen and oxygen atoms in total. The molecule has 2 aliphatic heterocycles. The molecule has 0 atom stereocenters. The van der Waals surface area contributed by atoms with Crippen molar-refractivity contribution in [1.82, 2.24) is 9.80 Å². The molecule has 190 valence electrons. The van der Waals surface area contributed by atoms with E-state index in [1.165, 1.54) is 10.4 Å². The lowest BCUT2D eigenvalue weighted by atomic mass is 9.87. The van der Waals surface area contributed by atoms with Gasteiger partial charge in [0.2, 0.25) is 6.79 Å². The molecule has 0 aliphatic carbocycles. The number of guanidine groups is 1. The summed E-state index contributed by atoms with van der Waals surface area (Å²) in [6.07, 6.45) is 0. The highest BCUT2D eigenvalue weighted by atomic mass is 32.1. The molecule has 2 N–H and O–H groups in total. The van der Waals surface area contributed by atoms with Gasteiger partial charge >= 0.3 is 0 Å². The van der Waals surface area contributed by atoms with E-state index in [2.05, 4.69) is 65.5 Å². The number of benzene rings is 2. The lowest BCUT2D eigenvalue weighted by Gasteiger charge is -2.36. The molecule has 5 rings (SSSR count). The van der Waals surface area contributed by atoms with E-state index in [0.29, 0.717) is 19.0 Å². The second-order valence-electron chi connectivity index (χ2n) is 10.3. The van der Waals surface area contributed by atoms with Gasteiger partial charge in [-0.25, -0.2) is 4.99 Å². The molecule has 2 aliphatic rings. The maximum Gasteiger partial charge on any atom is 0.231 e. The fraction of sp³-hybridized carbons (Fsp3) is 0.393. The van der Waals surface area contributed by atoms with Crippen molar-refractivity contribution in [3.05, 3.63) is 69.9 Å². The van der Waals surface area contributed by atoms with Crippen molar-refractivity contribution in [1.29, 1.82) is 0 Å². The van der Waals surface area contributed by atoms with Crippen molar-refractivity contribution in [3.63, 3.8) is 0 Å². The number of aliphatic imine (C=N–C) groups is 1. The van der Waals surface area contributed by atoms with Crippen LogP contribution in [-0.4, -0.2) is 53.8 Å². The number of fused-ring (bicyclic) bond motifs is 1. The van der Waals surface area contributed by atoms with E-state index in [0.717, 1.165) is 55.7 Å². The number of hydrogen-bond acceptors (Lipinski definition) is 6. The first kappa shape index (κ1) is 24.5. The molecule has 1 saturated heterocycles. The predicted molar refractivity (Wildman–Crippen MR) is 145 cm³/mol. The maximum atomic E-state index is 10.6. The predicted octanol–water partition coefficient (Wildman–Crippen LogP) is 5.27. The second kappa shape index (κ2) is 10.4. The molecular formula is C28H34N4O3S. The first-order valence-electron chi connectivity index (χ1n) is 12.4. The van der Waals surface area contributed by atoms with Crippen molar-refractivity contribution < 1.29 is 14.6 Å². The summed E-state index contributed by atoms with van der Waals surface area (Å²) >= 11 is 1.71. The Morgan fingerprint density at radius 1 is 1.03 bits per heavy atom. The minimum absolute atomic E-state index is 0.0151. The van der Waals surface area contributed by atoms with Crippen LogP contribution in [0, 0.1) is 0 Å². The molecule has 0 unspecified atom stereocenters. The van der Waals surface area contributed by atoms with Crippen LogP contribution in [-0.2, 0) is 18.5 Å². The molecule has 0 saturated carbocycles. The smallest absolute Gasteiger partial charge is 0.231 e. The highest BCUT2D eigenvalue weighted by molar-refractivity contribution is 7.09. The number of nitrogens with one attached hydrogen (secondary N) is 1. The van der Waals surface area contributed by atoms with Crippen LogP contribution < -0.4 is 14.8 Å². The van der Waals surface area contributed by atoms with Crippen LogP contribution in [0.2, 0.25) is 0 Å². The third kappa shape index (κ3) is 5.77. The van der Waals surface area contributed by atoms with Gasteiger partial charge in [-0.1, -0.05) is 39.0 Å². The Bertz CT molecular complexity index is 1210. The molecule has 3 heterocycles. The topological polar surface area (TPSA) is 69.6 Å². The van der Waals surface area contributed by atoms with Gasteiger partial charge in [-0.15, -0.1) is 11.3 Å². The normalized spacial score (nSPS) is 16.4.